The predicted molar refractivity (Wildman–Crippen MR) is 47.4 cm³/mol. The Morgan fingerprint density at radius 3 is 2.85 bits per heavy atom. The second-order valence-electron chi connectivity index (χ2n) is 3.12. The van der Waals surface area contributed by atoms with E-state index in [4.69, 9.17) is 5.11 Å². The zero-order valence-electron chi connectivity index (χ0n) is 7.47. The summed E-state index contributed by atoms with van der Waals surface area (Å²) in [5.41, 5.74) is 1.37. The van der Waals surface area contributed by atoms with E-state index < -0.39 is 0 Å². The van der Waals surface area contributed by atoms with Crippen LogP contribution in [0.1, 0.15) is 19.9 Å². The molecule has 0 fully saturated rings. The molecule has 68 valence electrons. The van der Waals surface area contributed by atoms with E-state index in [0.717, 1.165) is 0 Å². The minimum absolute atomic E-state index is 0.213. The fourth-order valence-corrected chi connectivity index (χ4v) is 1.20. The van der Waals surface area contributed by atoms with Crippen LogP contribution in [-0.2, 0) is 0 Å². The van der Waals surface area contributed by atoms with Crippen LogP contribution in [0.3, 0.4) is 0 Å². The molecular formula is C8H10N4O. The van der Waals surface area contributed by atoms with E-state index in [1.165, 1.54) is 6.20 Å². The average Bonchev–Trinajstić information content (AvgIpc) is 2.46. The van der Waals surface area contributed by atoms with E-state index in [2.05, 4.69) is 15.0 Å². The van der Waals surface area contributed by atoms with Gasteiger partial charge in [-0.15, -0.1) is 0 Å². The Bertz CT molecular complexity index is 435. The number of imidazole rings is 1. The van der Waals surface area contributed by atoms with Crippen molar-refractivity contribution in [2.24, 2.45) is 0 Å². The summed E-state index contributed by atoms with van der Waals surface area (Å²) in [6.07, 6.45) is 3.21. The lowest BCUT2D eigenvalue weighted by Crippen LogP contribution is -1.99. The van der Waals surface area contributed by atoms with Crippen molar-refractivity contribution >= 4 is 11.2 Å². The van der Waals surface area contributed by atoms with Crippen LogP contribution in [0.4, 0.5) is 0 Å². The number of hydrogen-bond donors (Lipinski definition) is 1. The Balaban J connectivity index is 2.71. The van der Waals surface area contributed by atoms with Gasteiger partial charge in [-0.1, -0.05) is 0 Å². The van der Waals surface area contributed by atoms with Gasteiger partial charge >= 0.3 is 6.01 Å². The molecule has 0 aliphatic carbocycles. The average molecular weight is 178 g/mol. The zero-order chi connectivity index (χ0) is 9.42. The Morgan fingerprint density at radius 2 is 2.15 bits per heavy atom. The number of nitrogens with zero attached hydrogens (tertiary/aromatic N) is 4. The molecular weight excluding hydrogens is 168 g/mol. The molecule has 0 bridgehead atoms. The summed E-state index contributed by atoms with van der Waals surface area (Å²) in [6, 6.07) is 0.0641. The molecule has 0 saturated carbocycles. The highest BCUT2D eigenvalue weighted by Crippen LogP contribution is 2.15. The van der Waals surface area contributed by atoms with Gasteiger partial charge in [-0.2, -0.15) is 4.98 Å². The summed E-state index contributed by atoms with van der Waals surface area (Å²) in [5, 5.41) is 9.09. The molecule has 0 aliphatic rings. The van der Waals surface area contributed by atoms with Crippen LogP contribution in [-0.4, -0.2) is 24.6 Å². The molecule has 0 atom stereocenters. The molecule has 0 saturated heterocycles. The van der Waals surface area contributed by atoms with Gasteiger partial charge in [0, 0.05) is 6.04 Å². The molecule has 1 N–H and O–H groups in total. The minimum atomic E-state index is -0.213. The van der Waals surface area contributed by atoms with Crippen molar-refractivity contribution in [1.82, 2.24) is 19.5 Å². The molecule has 0 unspecified atom stereocenters. The lowest BCUT2D eigenvalue weighted by atomic mass is 10.4. The number of aromatic nitrogens is 4. The standard InChI is InChI=1S/C8H10N4O/c1-5(2)12-4-10-6-3-9-8(13)11-7(6)12/h3-5H,1-2H3,(H,9,11,13). The minimum Gasteiger partial charge on any atom is -0.479 e. The third kappa shape index (κ3) is 1.22. The molecule has 0 radical (unpaired) electrons. The lowest BCUT2D eigenvalue weighted by Gasteiger charge is -2.05. The van der Waals surface area contributed by atoms with Gasteiger partial charge in [-0.3, -0.25) is 0 Å². The Hall–Kier alpha value is -1.65. The smallest absolute Gasteiger partial charge is 0.315 e. The molecule has 0 aliphatic heterocycles. The van der Waals surface area contributed by atoms with Crippen molar-refractivity contribution in [3.8, 4) is 6.01 Å². The largest absolute Gasteiger partial charge is 0.479 e. The number of rotatable bonds is 1. The molecule has 2 aromatic rings. The van der Waals surface area contributed by atoms with Gasteiger partial charge in [0.1, 0.15) is 5.52 Å². The highest BCUT2D eigenvalue weighted by atomic mass is 16.3. The summed E-state index contributed by atoms with van der Waals surface area (Å²) in [6.45, 7) is 4.06. The van der Waals surface area contributed by atoms with Crippen molar-refractivity contribution in [1.29, 1.82) is 0 Å². The first-order valence-electron chi connectivity index (χ1n) is 4.07. The molecule has 2 rings (SSSR count). The quantitative estimate of drug-likeness (QED) is 0.710. The summed E-state index contributed by atoms with van der Waals surface area (Å²) in [7, 11) is 0. The van der Waals surface area contributed by atoms with E-state index in [9.17, 15) is 0 Å². The van der Waals surface area contributed by atoms with E-state index in [-0.39, 0.29) is 12.1 Å². The fourth-order valence-electron chi connectivity index (χ4n) is 1.20. The first kappa shape index (κ1) is 7.97. The molecule has 0 aromatic carbocycles. The van der Waals surface area contributed by atoms with Gasteiger partial charge in [0.05, 0.1) is 12.5 Å². The molecule has 13 heavy (non-hydrogen) atoms. The SMILES string of the molecule is CC(C)n1cnc2cnc(O)nc21. The Kier molecular flexibility index (Phi) is 1.65. The fraction of sp³-hybridized carbons (Fsp3) is 0.375. The lowest BCUT2D eigenvalue weighted by molar-refractivity contribution is 0.431. The Labute approximate surface area is 75.1 Å². The van der Waals surface area contributed by atoms with Gasteiger partial charge in [-0.25, -0.2) is 9.97 Å². The summed E-state index contributed by atoms with van der Waals surface area (Å²) in [4.78, 5) is 11.7. The van der Waals surface area contributed by atoms with Gasteiger partial charge in [-0.05, 0) is 13.8 Å². The summed E-state index contributed by atoms with van der Waals surface area (Å²) >= 11 is 0. The van der Waals surface area contributed by atoms with Crippen LogP contribution < -0.4 is 0 Å². The monoisotopic (exact) mass is 178 g/mol. The molecule has 0 amide bonds. The van der Waals surface area contributed by atoms with E-state index in [1.807, 2.05) is 18.4 Å². The topological polar surface area (TPSA) is 63.8 Å². The van der Waals surface area contributed by atoms with Crippen LogP contribution in [0.15, 0.2) is 12.5 Å². The highest BCUT2D eigenvalue weighted by molar-refractivity contribution is 5.69. The third-order valence-corrected chi connectivity index (χ3v) is 1.86. The summed E-state index contributed by atoms with van der Waals surface area (Å²) in [5.74, 6) is 0. The van der Waals surface area contributed by atoms with Crippen LogP contribution >= 0.6 is 0 Å². The predicted octanol–water partition coefficient (Wildman–Crippen LogP) is 1.11. The van der Waals surface area contributed by atoms with Crippen LogP contribution in [0, 0.1) is 0 Å². The molecule has 2 heterocycles. The first-order valence-corrected chi connectivity index (χ1v) is 4.07. The normalized spacial score (nSPS) is 11.3. The third-order valence-electron chi connectivity index (χ3n) is 1.86. The molecule has 0 spiro atoms. The number of fused-ring (bicyclic) bond motifs is 1. The maximum Gasteiger partial charge on any atom is 0.315 e. The first-order chi connectivity index (χ1) is 6.18. The molecule has 5 heteroatoms. The van der Waals surface area contributed by atoms with Gasteiger partial charge in [0.15, 0.2) is 5.65 Å². The van der Waals surface area contributed by atoms with Gasteiger partial charge in [0.2, 0.25) is 0 Å². The van der Waals surface area contributed by atoms with Crippen molar-refractivity contribution in [3.05, 3.63) is 12.5 Å². The van der Waals surface area contributed by atoms with Gasteiger partial charge in [0.25, 0.3) is 0 Å². The second kappa shape index (κ2) is 2.69. The van der Waals surface area contributed by atoms with Crippen LogP contribution in [0.5, 0.6) is 6.01 Å². The van der Waals surface area contributed by atoms with E-state index in [1.54, 1.807) is 6.33 Å². The molecule has 2 aromatic heterocycles. The number of aromatic hydroxyl groups is 1. The maximum absolute atomic E-state index is 9.09. The highest BCUT2D eigenvalue weighted by Gasteiger charge is 2.07. The van der Waals surface area contributed by atoms with Crippen molar-refractivity contribution in [3.63, 3.8) is 0 Å². The second-order valence-corrected chi connectivity index (χ2v) is 3.12. The van der Waals surface area contributed by atoms with E-state index >= 15 is 0 Å². The Morgan fingerprint density at radius 1 is 1.38 bits per heavy atom. The van der Waals surface area contributed by atoms with Crippen molar-refractivity contribution in [2.75, 3.05) is 0 Å². The molecule has 5 nitrogen and oxygen atoms in total. The number of hydrogen-bond acceptors (Lipinski definition) is 4. The van der Waals surface area contributed by atoms with Crippen LogP contribution in [0.2, 0.25) is 0 Å². The zero-order valence-corrected chi connectivity index (χ0v) is 7.47. The van der Waals surface area contributed by atoms with Crippen LogP contribution in [0.25, 0.3) is 11.2 Å². The summed E-state index contributed by atoms with van der Waals surface area (Å²) < 4.78 is 1.89. The van der Waals surface area contributed by atoms with Gasteiger partial charge < -0.3 is 9.67 Å². The van der Waals surface area contributed by atoms with Crippen molar-refractivity contribution < 1.29 is 5.11 Å². The van der Waals surface area contributed by atoms with E-state index in [0.29, 0.717) is 11.2 Å². The van der Waals surface area contributed by atoms with Crippen molar-refractivity contribution in [2.45, 2.75) is 19.9 Å². The maximum atomic E-state index is 9.09.